The van der Waals surface area contributed by atoms with Gasteiger partial charge in [-0.05, 0) is 47.1 Å². The highest BCUT2D eigenvalue weighted by Gasteiger charge is 2.26. The van der Waals surface area contributed by atoms with Crippen LogP contribution in [0.2, 0.25) is 0 Å². The van der Waals surface area contributed by atoms with Crippen molar-refractivity contribution in [2.75, 3.05) is 60.4 Å². The molecular formula is C14H29N5O2. The number of hydrogen-bond acceptors (Lipinski definition) is 5. The lowest BCUT2D eigenvalue weighted by molar-refractivity contribution is -0.135. The number of nitrogens with zero attached hydrogens (tertiary/aromatic N) is 3. The molecule has 0 radical (unpaired) electrons. The average Bonchev–Trinajstić information content (AvgIpc) is 2.46. The van der Waals surface area contributed by atoms with Gasteiger partial charge in [0, 0.05) is 19.1 Å². The third kappa shape index (κ3) is 6.41. The fraction of sp³-hybridized carbons (Fsp3) is 0.857. The Labute approximate surface area is 127 Å². The first-order valence-corrected chi connectivity index (χ1v) is 7.53. The molecule has 0 aliphatic carbocycles. The van der Waals surface area contributed by atoms with Crippen LogP contribution in [0.3, 0.4) is 0 Å². The second-order valence-corrected chi connectivity index (χ2v) is 5.91. The van der Waals surface area contributed by atoms with E-state index >= 15 is 0 Å². The summed E-state index contributed by atoms with van der Waals surface area (Å²) >= 11 is 0. The van der Waals surface area contributed by atoms with Crippen LogP contribution in [-0.2, 0) is 9.59 Å². The maximum Gasteiger partial charge on any atom is 0.242 e. The normalized spacial score (nSPS) is 17.0. The molecule has 0 spiro atoms. The van der Waals surface area contributed by atoms with Crippen LogP contribution in [0.25, 0.3) is 0 Å². The summed E-state index contributed by atoms with van der Waals surface area (Å²) in [6.45, 7) is 3.48. The molecule has 1 aliphatic rings. The third-order valence-electron chi connectivity index (χ3n) is 3.86. The molecule has 0 atom stereocenters. The maximum absolute atomic E-state index is 12.4. The summed E-state index contributed by atoms with van der Waals surface area (Å²) in [6.07, 6.45) is 1.97. The summed E-state index contributed by atoms with van der Waals surface area (Å²) < 4.78 is 0. The minimum absolute atomic E-state index is 0.0202. The summed E-state index contributed by atoms with van der Waals surface area (Å²) in [7, 11) is 6.09. The van der Waals surface area contributed by atoms with E-state index in [0.717, 1.165) is 32.5 Å². The van der Waals surface area contributed by atoms with Crippen LogP contribution >= 0.6 is 0 Å². The molecule has 0 aromatic carbocycles. The molecule has 0 aromatic rings. The number of carbonyl (C=O) groups excluding carboxylic acids is 2. The smallest absolute Gasteiger partial charge is 0.242 e. The molecule has 2 amide bonds. The first-order chi connectivity index (χ1) is 9.93. The first-order valence-electron chi connectivity index (χ1n) is 7.53. The predicted octanol–water partition coefficient (Wildman–Crippen LogP) is -1.45. The molecule has 1 aliphatic heterocycles. The van der Waals surface area contributed by atoms with Gasteiger partial charge in [-0.25, -0.2) is 0 Å². The molecule has 122 valence electrons. The van der Waals surface area contributed by atoms with Gasteiger partial charge in [0.2, 0.25) is 11.8 Å². The fourth-order valence-electron chi connectivity index (χ4n) is 2.47. The number of carbonyl (C=O) groups is 2. The van der Waals surface area contributed by atoms with Crippen molar-refractivity contribution in [1.29, 1.82) is 0 Å². The Bertz CT molecular complexity index is 340. The third-order valence-corrected chi connectivity index (χ3v) is 3.86. The van der Waals surface area contributed by atoms with E-state index in [-0.39, 0.29) is 30.9 Å². The number of hydrogen-bond donors (Lipinski definition) is 2. The van der Waals surface area contributed by atoms with E-state index in [2.05, 4.69) is 22.2 Å². The minimum Gasteiger partial charge on any atom is -0.346 e. The van der Waals surface area contributed by atoms with Crippen molar-refractivity contribution in [3.8, 4) is 0 Å². The predicted molar refractivity (Wildman–Crippen MR) is 82.9 cm³/mol. The van der Waals surface area contributed by atoms with Gasteiger partial charge < -0.3 is 25.8 Å². The molecule has 1 fully saturated rings. The molecule has 0 saturated carbocycles. The Hall–Kier alpha value is -1.18. The van der Waals surface area contributed by atoms with Gasteiger partial charge in [-0.2, -0.15) is 0 Å². The quantitative estimate of drug-likeness (QED) is 0.601. The van der Waals surface area contributed by atoms with E-state index < -0.39 is 0 Å². The maximum atomic E-state index is 12.4. The van der Waals surface area contributed by atoms with Crippen LogP contribution in [0.1, 0.15) is 12.8 Å². The SMILES string of the molecule is CN(C)CCN(C(=O)CNC(=O)CN)C1CCN(C)CC1. The van der Waals surface area contributed by atoms with E-state index in [4.69, 9.17) is 5.73 Å². The number of nitrogens with one attached hydrogen (secondary N) is 1. The molecule has 7 heteroatoms. The van der Waals surface area contributed by atoms with Crippen molar-refractivity contribution in [3.63, 3.8) is 0 Å². The Morgan fingerprint density at radius 1 is 1.24 bits per heavy atom. The summed E-state index contributed by atoms with van der Waals surface area (Å²) in [4.78, 5) is 29.9. The van der Waals surface area contributed by atoms with Gasteiger partial charge in [0.15, 0.2) is 0 Å². The highest BCUT2D eigenvalue weighted by molar-refractivity contribution is 5.85. The zero-order chi connectivity index (χ0) is 15.8. The lowest BCUT2D eigenvalue weighted by Gasteiger charge is -2.38. The number of amides is 2. The van der Waals surface area contributed by atoms with Gasteiger partial charge in [-0.1, -0.05) is 0 Å². The molecular weight excluding hydrogens is 270 g/mol. The molecule has 0 aromatic heterocycles. The van der Waals surface area contributed by atoms with Crippen molar-refractivity contribution >= 4 is 11.8 Å². The Kier molecular flexibility index (Phi) is 7.63. The monoisotopic (exact) mass is 299 g/mol. The van der Waals surface area contributed by atoms with E-state index in [9.17, 15) is 9.59 Å². The first kappa shape index (κ1) is 17.9. The lowest BCUT2D eigenvalue weighted by atomic mass is 10.0. The molecule has 1 rings (SSSR count). The molecule has 7 nitrogen and oxygen atoms in total. The van der Waals surface area contributed by atoms with Gasteiger partial charge in [-0.3, -0.25) is 9.59 Å². The zero-order valence-corrected chi connectivity index (χ0v) is 13.5. The largest absolute Gasteiger partial charge is 0.346 e. The van der Waals surface area contributed by atoms with Crippen molar-refractivity contribution < 1.29 is 9.59 Å². The fourth-order valence-corrected chi connectivity index (χ4v) is 2.47. The van der Waals surface area contributed by atoms with E-state index in [1.807, 2.05) is 19.0 Å². The molecule has 3 N–H and O–H groups in total. The van der Waals surface area contributed by atoms with E-state index in [1.165, 1.54) is 0 Å². The standard InChI is InChI=1S/C14H29N5O2/c1-17(2)8-9-19(12-4-6-18(3)7-5-12)14(21)11-16-13(20)10-15/h12H,4-11,15H2,1-3H3,(H,16,20). The Balaban J connectivity index is 2.58. The van der Waals surface area contributed by atoms with Crippen molar-refractivity contribution in [3.05, 3.63) is 0 Å². The number of nitrogens with two attached hydrogens (primary N) is 1. The molecule has 21 heavy (non-hydrogen) atoms. The minimum atomic E-state index is -0.292. The van der Waals surface area contributed by atoms with Gasteiger partial charge >= 0.3 is 0 Å². The van der Waals surface area contributed by atoms with Crippen molar-refractivity contribution in [2.24, 2.45) is 5.73 Å². The molecule has 0 unspecified atom stereocenters. The van der Waals surface area contributed by atoms with E-state index in [0.29, 0.717) is 6.54 Å². The van der Waals surface area contributed by atoms with Gasteiger partial charge in [0.25, 0.3) is 0 Å². The second kappa shape index (κ2) is 8.96. The number of likely N-dealkylation sites (tertiary alicyclic amines) is 1. The summed E-state index contributed by atoms with van der Waals surface area (Å²) in [5.41, 5.74) is 5.24. The van der Waals surface area contributed by atoms with E-state index in [1.54, 1.807) is 0 Å². The van der Waals surface area contributed by atoms with Gasteiger partial charge in [-0.15, -0.1) is 0 Å². The highest BCUT2D eigenvalue weighted by atomic mass is 16.2. The van der Waals surface area contributed by atoms with Gasteiger partial charge in [0.1, 0.15) is 0 Å². The average molecular weight is 299 g/mol. The van der Waals surface area contributed by atoms with Crippen LogP contribution in [0.5, 0.6) is 0 Å². The molecule has 1 saturated heterocycles. The number of rotatable bonds is 7. The number of likely N-dealkylation sites (N-methyl/N-ethyl adjacent to an activating group) is 1. The summed E-state index contributed by atoms with van der Waals surface area (Å²) in [5, 5.41) is 2.57. The Morgan fingerprint density at radius 3 is 2.38 bits per heavy atom. The van der Waals surface area contributed by atoms with Crippen LogP contribution in [-0.4, -0.2) is 93.0 Å². The second-order valence-electron chi connectivity index (χ2n) is 5.91. The topological polar surface area (TPSA) is 81.9 Å². The van der Waals surface area contributed by atoms with Crippen LogP contribution in [0, 0.1) is 0 Å². The zero-order valence-electron chi connectivity index (χ0n) is 13.5. The lowest BCUT2D eigenvalue weighted by Crippen LogP contribution is -2.51. The molecule has 0 bridgehead atoms. The van der Waals surface area contributed by atoms with Crippen LogP contribution in [0.4, 0.5) is 0 Å². The van der Waals surface area contributed by atoms with Crippen LogP contribution in [0.15, 0.2) is 0 Å². The van der Waals surface area contributed by atoms with Crippen molar-refractivity contribution in [2.45, 2.75) is 18.9 Å². The number of piperidine rings is 1. The molecule has 1 heterocycles. The summed E-state index contributed by atoms with van der Waals surface area (Å²) in [5.74, 6) is -0.313. The highest BCUT2D eigenvalue weighted by Crippen LogP contribution is 2.15. The van der Waals surface area contributed by atoms with Gasteiger partial charge in [0.05, 0.1) is 13.1 Å². The summed E-state index contributed by atoms with van der Waals surface area (Å²) in [6, 6.07) is 0.267. The van der Waals surface area contributed by atoms with Crippen molar-refractivity contribution in [1.82, 2.24) is 20.0 Å². The Morgan fingerprint density at radius 2 is 1.86 bits per heavy atom. The van der Waals surface area contributed by atoms with Crippen LogP contribution < -0.4 is 11.1 Å².